The van der Waals surface area contributed by atoms with Gasteiger partial charge in [-0.25, -0.2) is 9.26 Å². The molecule has 0 saturated carbocycles. The molecule has 0 bridgehead atoms. The van der Waals surface area contributed by atoms with Crippen molar-refractivity contribution in [2.75, 3.05) is 41.5 Å². The lowest BCUT2D eigenvalue weighted by Gasteiger charge is -2.38. The second-order valence-corrected chi connectivity index (χ2v) is 16.0. The zero-order chi connectivity index (χ0) is 30.9. The molecule has 2 aromatic carbocycles. The molecular weight excluding hydrogens is 558 g/mol. The highest BCUT2D eigenvalue weighted by Crippen LogP contribution is 2.45. The highest BCUT2D eigenvalue weighted by molar-refractivity contribution is 6.98. The summed E-state index contributed by atoms with van der Waals surface area (Å²) >= 11 is 0. The van der Waals surface area contributed by atoms with E-state index in [1.807, 2.05) is 12.3 Å². The third-order valence-corrected chi connectivity index (χ3v) is 11.7. The number of nitrogens with zero attached hydrogens (tertiary/aromatic N) is 4. The van der Waals surface area contributed by atoms with Gasteiger partial charge in [0.15, 0.2) is 5.71 Å². The first-order valence-corrected chi connectivity index (χ1v) is 17.4. The minimum absolute atomic E-state index is 0.0917. The lowest BCUT2D eigenvalue weighted by molar-refractivity contribution is -0.462. The molecule has 3 aromatic rings. The topological polar surface area (TPSA) is 102 Å². The number of allylic oxidation sites excluding steroid dienone is 5. The fraction of sp³-hybridized carbons (Fsp3) is 0.333. The normalized spacial score (nSPS) is 15.1. The molecule has 224 valence electrons. The molecule has 1 aliphatic heterocycles. The number of hydrogen-bond donors (Lipinski definition) is 2. The molecule has 0 spiro atoms. The van der Waals surface area contributed by atoms with Crippen LogP contribution in [0.15, 0.2) is 65.5 Å². The Morgan fingerprint density at radius 3 is 2.53 bits per heavy atom. The van der Waals surface area contributed by atoms with Gasteiger partial charge in [-0.15, -0.1) is 5.10 Å². The molecule has 1 amide bonds. The van der Waals surface area contributed by atoms with E-state index in [1.54, 1.807) is 18.9 Å². The van der Waals surface area contributed by atoms with E-state index in [-0.39, 0.29) is 25.5 Å². The highest BCUT2D eigenvalue weighted by atomic mass is 28.3. The SMILES string of the molecule is COc1cc(OC)c(-n2cc(CCC(=O)NCCO)nn2)cc1C1=C2C=CC(=[N+](C)C)C=C2[Si](C)(C)c2cc(C)ccc21. The first kappa shape index (κ1) is 30.2. The smallest absolute Gasteiger partial charge is 0.220 e. The van der Waals surface area contributed by atoms with Crippen LogP contribution < -0.4 is 20.0 Å². The maximum atomic E-state index is 12.1. The summed E-state index contributed by atoms with van der Waals surface area (Å²) < 4.78 is 15.6. The Bertz CT molecular complexity index is 1710. The van der Waals surface area contributed by atoms with Crippen molar-refractivity contribution in [3.63, 3.8) is 0 Å². The Morgan fingerprint density at radius 2 is 1.84 bits per heavy atom. The minimum atomic E-state index is -2.05. The molecule has 0 fully saturated rings. The van der Waals surface area contributed by atoms with Crippen LogP contribution in [0.3, 0.4) is 0 Å². The van der Waals surface area contributed by atoms with Crippen molar-refractivity contribution in [1.29, 1.82) is 0 Å². The van der Waals surface area contributed by atoms with E-state index in [2.05, 4.69) is 96.8 Å². The van der Waals surface area contributed by atoms with Gasteiger partial charge in [0, 0.05) is 43.2 Å². The summed E-state index contributed by atoms with van der Waals surface area (Å²) in [5.74, 6) is 1.15. The van der Waals surface area contributed by atoms with Gasteiger partial charge in [-0.3, -0.25) is 4.79 Å². The molecular formula is C33H40N5O4Si+. The summed E-state index contributed by atoms with van der Waals surface area (Å²) in [6, 6.07) is 10.7. The number of benzene rings is 2. The van der Waals surface area contributed by atoms with Crippen molar-refractivity contribution >= 4 is 30.5 Å². The summed E-state index contributed by atoms with van der Waals surface area (Å²) in [7, 11) is 5.41. The van der Waals surface area contributed by atoms with Gasteiger partial charge in [-0.05, 0) is 46.2 Å². The number of rotatable bonds is 9. The van der Waals surface area contributed by atoms with Crippen LogP contribution in [-0.2, 0) is 11.2 Å². The third kappa shape index (κ3) is 5.72. The van der Waals surface area contributed by atoms with Gasteiger partial charge in [0.05, 0.1) is 32.7 Å². The number of aromatic nitrogens is 3. The van der Waals surface area contributed by atoms with Crippen LogP contribution in [0, 0.1) is 6.92 Å². The van der Waals surface area contributed by atoms with Crippen LogP contribution >= 0.6 is 0 Å². The van der Waals surface area contributed by atoms with Crippen molar-refractivity contribution in [1.82, 2.24) is 20.3 Å². The molecule has 0 atom stereocenters. The monoisotopic (exact) mass is 598 g/mol. The van der Waals surface area contributed by atoms with E-state index >= 15 is 0 Å². The average molecular weight is 599 g/mol. The number of ether oxygens (including phenoxy) is 2. The van der Waals surface area contributed by atoms with Crippen LogP contribution in [0.2, 0.25) is 13.1 Å². The van der Waals surface area contributed by atoms with E-state index in [0.717, 1.165) is 16.8 Å². The van der Waals surface area contributed by atoms with Gasteiger partial charge >= 0.3 is 0 Å². The summed E-state index contributed by atoms with van der Waals surface area (Å²) in [5, 5.41) is 23.1. The van der Waals surface area contributed by atoms with Crippen molar-refractivity contribution in [2.45, 2.75) is 32.9 Å². The Hall–Kier alpha value is -4.28. The first-order chi connectivity index (χ1) is 20.6. The molecule has 5 rings (SSSR count). The van der Waals surface area contributed by atoms with Crippen LogP contribution in [-0.4, -0.2) is 85.8 Å². The molecule has 10 heteroatoms. The van der Waals surface area contributed by atoms with Crippen molar-refractivity contribution in [3.05, 3.63) is 87.9 Å². The predicted octanol–water partition coefficient (Wildman–Crippen LogP) is 3.11. The molecule has 0 radical (unpaired) electrons. The number of nitrogens with one attached hydrogen (secondary N) is 1. The predicted molar refractivity (Wildman–Crippen MR) is 172 cm³/mol. The number of amides is 1. The molecule has 2 aliphatic rings. The van der Waals surface area contributed by atoms with Gasteiger partial charge < -0.3 is 19.9 Å². The summed E-state index contributed by atoms with van der Waals surface area (Å²) in [6.07, 6.45) is 9.28. The maximum absolute atomic E-state index is 12.1. The lowest BCUT2D eigenvalue weighted by Crippen LogP contribution is -2.49. The zero-order valence-corrected chi connectivity index (χ0v) is 27.0. The molecule has 9 nitrogen and oxygen atoms in total. The fourth-order valence-electron chi connectivity index (χ4n) is 5.83. The Balaban J connectivity index is 1.68. The second-order valence-electron chi connectivity index (χ2n) is 11.6. The molecule has 2 N–H and O–H groups in total. The number of aliphatic hydroxyl groups excluding tert-OH is 1. The van der Waals surface area contributed by atoms with Gasteiger partial charge in [-0.2, -0.15) is 0 Å². The molecule has 0 saturated heterocycles. The minimum Gasteiger partial charge on any atom is -0.496 e. The number of carbonyl (C=O) groups excluding carboxylic acids is 1. The van der Waals surface area contributed by atoms with E-state index < -0.39 is 8.07 Å². The number of fused-ring (bicyclic) bond motifs is 2. The van der Waals surface area contributed by atoms with Crippen LogP contribution in [0.4, 0.5) is 0 Å². The van der Waals surface area contributed by atoms with E-state index in [0.29, 0.717) is 23.6 Å². The average Bonchev–Trinajstić information content (AvgIpc) is 3.47. The van der Waals surface area contributed by atoms with Crippen LogP contribution in [0.25, 0.3) is 11.3 Å². The Morgan fingerprint density at radius 1 is 1.07 bits per heavy atom. The van der Waals surface area contributed by atoms with E-state index in [9.17, 15) is 4.79 Å². The maximum Gasteiger partial charge on any atom is 0.220 e. The van der Waals surface area contributed by atoms with Gasteiger partial charge in [-0.1, -0.05) is 42.1 Å². The molecule has 1 aliphatic carbocycles. The van der Waals surface area contributed by atoms with Gasteiger partial charge in [0.25, 0.3) is 0 Å². The number of aryl methyl sites for hydroxylation is 2. The van der Waals surface area contributed by atoms with E-state index in [4.69, 9.17) is 14.6 Å². The third-order valence-electron chi connectivity index (χ3n) is 8.18. The molecule has 2 heterocycles. The second kappa shape index (κ2) is 12.1. The van der Waals surface area contributed by atoms with Gasteiger partial charge in [0.1, 0.15) is 39.4 Å². The van der Waals surface area contributed by atoms with Crippen LogP contribution in [0.5, 0.6) is 11.5 Å². The Labute approximate surface area is 253 Å². The van der Waals surface area contributed by atoms with Crippen molar-refractivity contribution in [3.8, 4) is 17.2 Å². The van der Waals surface area contributed by atoms with Crippen molar-refractivity contribution < 1.29 is 24.0 Å². The largest absolute Gasteiger partial charge is 0.496 e. The number of hydrogen-bond acceptors (Lipinski definition) is 6. The van der Waals surface area contributed by atoms with E-state index in [1.165, 1.54) is 32.8 Å². The number of methoxy groups -OCH3 is 2. The summed E-state index contributed by atoms with van der Waals surface area (Å²) in [5.41, 5.74) is 8.30. The van der Waals surface area contributed by atoms with Crippen LogP contribution in [0.1, 0.15) is 28.8 Å². The summed E-state index contributed by atoms with van der Waals surface area (Å²) in [4.78, 5) is 12.1. The molecule has 1 aromatic heterocycles. The molecule has 43 heavy (non-hydrogen) atoms. The summed E-state index contributed by atoms with van der Waals surface area (Å²) in [6.45, 7) is 7.15. The number of carbonyl (C=O) groups is 1. The zero-order valence-electron chi connectivity index (χ0n) is 26.0. The quantitative estimate of drug-likeness (QED) is 0.290. The Kier molecular flexibility index (Phi) is 8.52. The van der Waals surface area contributed by atoms with Crippen molar-refractivity contribution in [2.24, 2.45) is 0 Å². The lowest BCUT2D eigenvalue weighted by atomic mass is 9.88. The highest BCUT2D eigenvalue weighted by Gasteiger charge is 2.41. The fourth-order valence-corrected chi connectivity index (χ4v) is 8.98. The number of aliphatic hydroxyl groups is 1. The van der Waals surface area contributed by atoms with Gasteiger partial charge in [0.2, 0.25) is 5.91 Å². The molecule has 0 unspecified atom stereocenters. The standard InChI is InChI=1S/C33H39N5O4Si/c1-21-8-11-24-30(16-21)43(6,7)31-17-23(37(2)3)10-12-25(31)33(24)26-18-27(29(42-5)19-28(26)41-4)38-20-22(35-36-38)9-13-32(40)34-14-15-39/h8,10-12,16-20,39H,9,13-15H2,1-7H3/p+1. The first-order valence-electron chi connectivity index (χ1n) is 14.4.